The third-order valence-corrected chi connectivity index (χ3v) is 2.19. The molecule has 0 unspecified atom stereocenters. The van der Waals surface area contributed by atoms with Gasteiger partial charge >= 0.3 is 0 Å². The summed E-state index contributed by atoms with van der Waals surface area (Å²) in [6.45, 7) is 0.483. The van der Waals surface area contributed by atoms with E-state index in [1.807, 2.05) is 0 Å². The molecule has 0 spiro atoms. The molecular weight excluding hydrogens is 206 g/mol. The highest BCUT2D eigenvalue weighted by Crippen LogP contribution is 2.22. The topological polar surface area (TPSA) is 65.9 Å². The summed E-state index contributed by atoms with van der Waals surface area (Å²) in [5.41, 5.74) is 0.760. The number of hydrogen-bond donors (Lipinski definition) is 3. The maximum Gasteiger partial charge on any atom is 0.190 e. The Labute approximate surface area is 95.2 Å². The van der Waals surface area contributed by atoms with E-state index >= 15 is 0 Å². The van der Waals surface area contributed by atoms with Crippen LogP contribution >= 0.6 is 0 Å². The van der Waals surface area contributed by atoms with Crippen LogP contribution in [0.3, 0.4) is 0 Å². The van der Waals surface area contributed by atoms with Crippen LogP contribution in [0.15, 0.2) is 23.2 Å². The van der Waals surface area contributed by atoms with Crippen molar-refractivity contribution in [2.45, 2.75) is 6.54 Å². The van der Waals surface area contributed by atoms with Crippen LogP contribution in [-0.4, -0.2) is 32.3 Å². The lowest BCUT2D eigenvalue weighted by Crippen LogP contribution is -2.34. The minimum absolute atomic E-state index is 0.236. The highest BCUT2D eigenvalue weighted by Gasteiger charge is 2.03. The maximum atomic E-state index is 9.63. The second-order valence-electron chi connectivity index (χ2n) is 3.17. The first kappa shape index (κ1) is 12.2. The number of phenols is 1. The third-order valence-electron chi connectivity index (χ3n) is 2.19. The van der Waals surface area contributed by atoms with E-state index in [1.54, 1.807) is 39.4 Å². The number of nitrogens with zero attached hydrogens (tertiary/aromatic N) is 1. The molecule has 0 saturated heterocycles. The van der Waals surface area contributed by atoms with Gasteiger partial charge < -0.3 is 20.5 Å². The summed E-state index contributed by atoms with van der Waals surface area (Å²) in [4.78, 5) is 3.98. The number of hydrogen-bond acceptors (Lipinski definition) is 3. The van der Waals surface area contributed by atoms with Crippen molar-refractivity contribution in [2.24, 2.45) is 4.99 Å². The van der Waals surface area contributed by atoms with Crippen molar-refractivity contribution in [3.63, 3.8) is 0 Å². The largest absolute Gasteiger partial charge is 0.508 e. The fourth-order valence-corrected chi connectivity index (χ4v) is 1.29. The van der Waals surface area contributed by atoms with Crippen LogP contribution in [0.25, 0.3) is 0 Å². The number of rotatable bonds is 3. The molecule has 0 fully saturated rings. The molecule has 5 heteroatoms. The van der Waals surface area contributed by atoms with Gasteiger partial charge in [0.25, 0.3) is 0 Å². The minimum Gasteiger partial charge on any atom is -0.508 e. The lowest BCUT2D eigenvalue weighted by Gasteiger charge is -2.10. The molecule has 16 heavy (non-hydrogen) atoms. The van der Waals surface area contributed by atoms with E-state index in [0.29, 0.717) is 18.3 Å². The van der Waals surface area contributed by atoms with Crippen molar-refractivity contribution in [3.05, 3.63) is 23.8 Å². The number of methoxy groups -OCH3 is 1. The van der Waals surface area contributed by atoms with Gasteiger partial charge in [0.2, 0.25) is 0 Å². The molecule has 0 aliphatic heterocycles. The van der Waals surface area contributed by atoms with Crippen LogP contribution in [0.4, 0.5) is 0 Å². The van der Waals surface area contributed by atoms with Crippen molar-refractivity contribution >= 4 is 5.96 Å². The van der Waals surface area contributed by atoms with Gasteiger partial charge in [0.15, 0.2) is 5.96 Å². The second kappa shape index (κ2) is 5.85. The van der Waals surface area contributed by atoms with E-state index in [4.69, 9.17) is 4.74 Å². The Bertz CT molecular complexity index is 377. The van der Waals surface area contributed by atoms with E-state index in [1.165, 1.54) is 0 Å². The molecule has 1 aromatic carbocycles. The lowest BCUT2D eigenvalue weighted by molar-refractivity contribution is 0.410. The minimum atomic E-state index is 0.236. The summed E-state index contributed by atoms with van der Waals surface area (Å²) in [5.74, 6) is 1.62. The SMILES string of the molecule is CN=C(NC)NCc1cc(OC)ccc1O. The van der Waals surface area contributed by atoms with Crippen LogP contribution in [0.1, 0.15) is 5.56 Å². The predicted molar refractivity (Wildman–Crippen MR) is 63.9 cm³/mol. The first-order valence-corrected chi connectivity index (χ1v) is 4.95. The van der Waals surface area contributed by atoms with Gasteiger partial charge in [0.05, 0.1) is 7.11 Å². The monoisotopic (exact) mass is 223 g/mol. The Morgan fingerprint density at radius 1 is 1.50 bits per heavy atom. The highest BCUT2D eigenvalue weighted by molar-refractivity contribution is 5.79. The first-order valence-electron chi connectivity index (χ1n) is 4.95. The predicted octanol–water partition coefficient (Wildman–Crippen LogP) is 0.696. The van der Waals surface area contributed by atoms with Crippen molar-refractivity contribution in [3.8, 4) is 11.5 Å². The molecule has 1 rings (SSSR count). The van der Waals surface area contributed by atoms with Gasteiger partial charge in [0.1, 0.15) is 11.5 Å². The van der Waals surface area contributed by atoms with E-state index in [-0.39, 0.29) is 5.75 Å². The molecule has 0 heterocycles. The standard InChI is InChI=1S/C11H17N3O2/c1-12-11(13-2)14-7-8-6-9(16-3)4-5-10(8)15/h4-6,15H,7H2,1-3H3,(H2,12,13,14). The second-order valence-corrected chi connectivity index (χ2v) is 3.17. The molecule has 0 atom stereocenters. The number of guanidine groups is 1. The maximum absolute atomic E-state index is 9.63. The van der Waals surface area contributed by atoms with E-state index in [0.717, 1.165) is 5.56 Å². The fourth-order valence-electron chi connectivity index (χ4n) is 1.29. The van der Waals surface area contributed by atoms with Crippen molar-refractivity contribution < 1.29 is 9.84 Å². The molecule has 88 valence electrons. The van der Waals surface area contributed by atoms with Crippen LogP contribution < -0.4 is 15.4 Å². The molecule has 0 aromatic heterocycles. The highest BCUT2D eigenvalue weighted by atomic mass is 16.5. The van der Waals surface area contributed by atoms with E-state index in [9.17, 15) is 5.11 Å². The van der Waals surface area contributed by atoms with Gasteiger partial charge in [-0.1, -0.05) is 0 Å². The molecule has 0 radical (unpaired) electrons. The Morgan fingerprint density at radius 2 is 2.25 bits per heavy atom. The summed E-state index contributed by atoms with van der Waals surface area (Å²) < 4.78 is 5.08. The Hall–Kier alpha value is -1.91. The van der Waals surface area contributed by atoms with Crippen molar-refractivity contribution in [2.75, 3.05) is 21.2 Å². The van der Waals surface area contributed by atoms with Crippen LogP contribution in [-0.2, 0) is 6.54 Å². The zero-order chi connectivity index (χ0) is 12.0. The number of ether oxygens (including phenoxy) is 1. The van der Waals surface area contributed by atoms with Gasteiger partial charge in [-0.2, -0.15) is 0 Å². The average molecular weight is 223 g/mol. The normalized spacial score (nSPS) is 11.1. The molecule has 0 amide bonds. The third kappa shape index (κ3) is 3.05. The average Bonchev–Trinajstić information content (AvgIpc) is 2.32. The number of nitrogens with one attached hydrogen (secondary N) is 2. The Balaban J connectivity index is 2.72. The summed E-state index contributed by atoms with van der Waals surface area (Å²) in [6.07, 6.45) is 0. The van der Waals surface area contributed by atoms with Crippen LogP contribution in [0, 0.1) is 0 Å². The molecule has 0 bridgehead atoms. The summed E-state index contributed by atoms with van der Waals surface area (Å²) in [5, 5.41) is 15.6. The number of aliphatic imine (C=N–C) groups is 1. The molecule has 0 aliphatic carbocycles. The zero-order valence-corrected chi connectivity index (χ0v) is 9.74. The van der Waals surface area contributed by atoms with E-state index < -0.39 is 0 Å². The zero-order valence-electron chi connectivity index (χ0n) is 9.74. The summed E-state index contributed by atoms with van der Waals surface area (Å²) in [6, 6.07) is 5.11. The van der Waals surface area contributed by atoms with Crippen LogP contribution in [0.2, 0.25) is 0 Å². The molecule has 1 aromatic rings. The molecule has 3 N–H and O–H groups in total. The lowest BCUT2D eigenvalue weighted by atomic mass is 10.2. The quantitative estimate of drug-likeness (QED) is 0.521. The molecule has 5 nitrogen and oxygen atoms in total. The van der Waals surface area contributed by atoms with Gasteiger partial charge in [-0.3, -0.25) is 4.99 Å². The van der Waals surface area contributed by atoms with Gasteiger partial charge in [-0.25, -0.2) is 0 Å². The first-order chi connectivity index (χ1) is 7.71. The molecule has 0 saturated carbocycles. The molecule has 0 aliphatic rings. The summed E-state index contributed by atoms with van der Waals surface area (Å²) in [7, 11) is 5.06. The van der Waals surface area contributed by atoms with E-state index in [2.05, 4.69) is 15.6 Å². The van der Waals surface area contributed by atoms with Crippen molar-refractivity contribution in [1.29, 1.82) is 0 Å². The number of benzene rings is 1. The van der Waals surface area contributed by atoms with Crippen LogP contribution in [0.5, 0.6) is 11.5 Å². The van der Waals surface area contributed by atoms with Gasteiger partial charge in [-0.05, 0) is 18.2 Å². The van der Waals surface area contributed by atoms with Crippen molar-refractivity contribution in [1.82, 2.24) is 10.6 Å². The number of phenolic OH excluding ortho intramolecular Hbond substituents is 1. The fraction of sp³-hybridized carbons (Fsp3) is 0.364. The van der Waals surface area contributed by atoms with Gasteiger partial charge in [-0.15, -0.1) is 0 Å². The number of aromatic hydroxyl groups is 1. The Kier molecular flexibility index (Phi) is 4.44. The smallest absolute Gasteiger partial charge is 0.190 e. The molecular formula is C11H17N3O2. The Morgan fingerprint density at radius 3 is 2.81 bits per heavy atom. The van der Waals surface area contributed by atoms with Gasteiger partial charge in [0, 0.05) is 26.2 Å². The summed E-state index contributed by atoms with van der Waals surface area (Å²) >= 11 is 0.